The van der Waals surface area contributed by atoms with Crippen LogP contribution in [0.2, 0.25) is 0 Å². The molecule has 0 heterocycles. The van der Waals surface area contributed by atoms with E-state index in [4.69, 9.17) is 0 Å². The Hall–Kier alpha value is -1.82. The van der Waals surface area contributed by atoms with Crippen molar-refractivity contribution in [1.29, 1.82) is 0 Å². The van der Waals surface area contributed by atoms with E-state index in [0.717, 1.165) is 6.42 Å². The number of benzene rings is 3. The van der Waals surface area contributed by atoms with Crippen LogP contribution < -0.4 is 5.22 Å². The summed E-state index contributed by atoms with van der Waals surface area (Å²) in [6.45, 7) is 0. The maximum absolute atomic E-state index is 3.44. The molecule has 0 unspecified atom stereocenters. The average molecular weight is 202 g/mol. The van der Waals surface area contributed by atoms with Crippen molar-refractivity contribution in [1.82, 2.24) is 0 Å². The molecule has 1 aliphatic carbocycles. The minimum atomic E-state index is 0.931. The van der Waals surface area contributed by atoms with Gasteiger partial charge >= 0.3 is 0 Å². The van der Waals surface area contributed by atoms with E-state index in [1.54, 1.807) is 0 Å². The maximum Gasteiger partial charge on any atom is 0.0212 e. The molecule has 3 aromatic rings. The van der Waals surface area contributed by atoms with Gasteiger partial charge in [0, 0.05) is 6.42 Å². The van der Waals surface area contributed by atoms with E-state index in [9.17, 15) is 0 Å². The van der Waals surface area contributed by atoms with Gasteiger partial charge in [0.2, 0.25) is 0 Å². The Morgan fingerprint density at radius 3 is 2.50 bits per heavy atom. The van der Waals surface area contributed by atoms with E-state index < -0.39 is 0 Å². The molecule has 2 radical (unpaired) electrons. The van der Waals surface area contributed by atoms with Gasteiger partial charge in [-0.3, -0.25) is 0 Å². The molecule has 0 saturated carbocycles. The highest BCUT2D eigenvalue weighted by Gasteiger charge is 2.10. The fraction of sp³-hybridized carbons (Fsp3) is 0.0625. The zero-order chi connectivity index (χ0) is 10.5. The smallest absolute Gasteiger partial charge is 0.0212 e. The number of hydrogen-bond donors (Lipinski definition) is 0. The second kappa shape index (κ2) is 2.85. The van der Waals surface area contributed by atoms with Crippen LogP contribution in [0.3, 0.4) is 0 Å². The van der Waals surface area contributed by atoms with Gasteiger partial charge in [-0.25, -0.2) is 0 Å². The number of hydrogen-bond acceptors (Lipinski definition) is 0. The van der Waals surface area contributed by atoms with Crippen molar-refractivity contribution in [3.05, 3.63) is 59.7 Å². The van der Waals surface area contributed by atoms with Gasteiger partial charge < -0.3 is 0 Å². The molecular formula is C16H10. The SMILES string of the molecule is [C]1CC=c2ccc3cccc4ccc1c2c43. The first kappa shape index (κ1) is 8.35. The summed E-state index contributed by atoms with van der Waals surface area (Å²) in [6, 6.07) is 15.3. The van der Waals surface area contributed by atoms with E-state index in [1.807, 2.05) is 0 Å². The molecule has 4 rings (SSSR count). The summed E-state index contributed by atoms with van der Waals surface area (Å²) in [6.07, 6.45) is 6.63. The second-order valence-electron chi connectivity index (χ2n) is 4.31. The first-order chi connectivity index (χ1) is 7.93. The summed E-state index contributed by atoms with van der Waals surface area (Å²) in [5, 5.41) is 6.78. The normalized spacial score (nSPS) is 14.2. The highest BCUT2D eigenvalue weighted by molar-refractivity contribution is 6.12. The predicted octanol–water partition coefficient (Wildman–Crippen LogP) is 3.33. The lowest BCUT2D eigenvalue weighted by Gasteiger charge is -2.13. The molecule has 16 heavy (non-hydrogen) atoms. The lowest BCUT2D eigenvalue weighted by Crippen LogP contribution is -2.08. The Morgan fingerprint density at radius 2 is 1.62 bits per heavy atom. The van der Waals surface area contributed by atoms with Crippen molar-refractivity contribution >= 4 is 27.6 Å². The van der Waals surface area contributed by atoms with Gasteiger partial charge in [0.1, 0.15) is 0 Å². The van der Waals surface area contributed by atoms with Crippen LogP contribution in [0.1, 0.15) is 12.0 Å². The molecule has 3 aromatic carbocycles. The van der Waals surface area contributed by atoms with Crippen molar-refractivity contribution < 1.29 is 0 Å². The van der Waals surface area contributed by atoms with Gasteiger partial charge in [-0.1, -0.05) is 48.5 Å². The van der Waals surface area contributed by atoms with E-state index in [1.165, 1.54) is 32.3 Å². The quantitative estimate of drug-likeness (QED) is 0.524. The van der Waals surface area contributed by atoms with Crippen molar-refractivity contribution in [3.8, 4) is 0 Å². The highest BCUT2D eigenvalue weighted by Crippen LogP contribution is 2.29. The highest BCUT2D eigenvalue weighted by atomic mass is 14.1. The van der Waals surface area contributed by atoms with Crippen LogP contribution in [-0.4, -0.2) is 0 Å². The lowest BCUT2D eigenvalue weighted by atomic mass is 9.90. The first-order valence-corrected chi connectivity index (χ1v) is 5.62. The second-order valence-corrected chi connectivity index (χ2v) is 4.31. The molecule has 0 saturated heterocycles. The Kier molecular flexibility index (Phi) is 1.49. The molecule has 0 bridgehead atoms. The third kappa shape index (κ3) is 0.943. The molecule has 0 amide bonds. The van der Waals surface area contributed by atoms with E-state index in [-0.39, 0.29) is 0 Å². The molecule has 74 valence electrons. The van der Waals surface area contributed by atoms with Crippen LogP contribution in [0.4, 0.5) is 0 Å². The molecule has 0 atom stereocenters. The third-order valence-corrected chi connectivity index (χ3v) is 3.42. The fourth-order valence-electron chi connectivity index (χ4n) is 2.70. The summed E-state index contributed by atoms with van der Waals surface area (Å²) in [7, 11) is 0. The molecule has 0 aromatic heterocycles. The largest absolute Gasteiger partial charge is 0.0757 e. The van der Waals surface area contributed by atoms with E-state index in [2.05, 4.69) is 55.0 Å². The number of rotatable bonds is 0. The van der Waals surface area contributed by atoms with Crippen LogP contribution in [-0.2, 0) is 0 Å². The van der Waals surface area contributed by atoms with Crippen molar-refractivity contribution in [3.63, 3.8) is 0 Å². The van der Waals surface area contributed by atoms with Crippen LogP contribution in [0.15, 0.2) is 42.5 Å². The van der Waals surface area contributed by atoms with Gasteiger partial charge in [-0.15, -0.1) is 0 Å². The summed E-state index contributed by atoms with van der Waals surface area (Å²) >= 11 is 0. The van der Waals surface area contributed by atoms with Crippen LogP contribution in [0.25, 0.3) is 27.6 Å². The van der Waals surface area contributed by atoms with Crippen molar-refractivity contribution in [2.24, 2.45) is 0 Å². The minimum absolute atomic E-state index is 0.931. The zero-order valence-corrected chi connectivity index (χ0v) is 8.83. The minimum Gasteiger partial charge on any atom is -0.0757 e. The Labute approximate surface area is 94.2 Å². The zero-order valence-electron chi connectivity index (χ0n) is 8.83. The Morgan fingerprint density at radius 1 is 0.812 bits per heavy atom. The molecular weight excluding hydrogens is 192 g/mol. The van der Waals surface area contributed by atoms with Crippen molar-refractivity contribution in [2.75, 3.05) is 0 Å². The standard InChI is InChI=1S/C16H10/c1-3-11-7-9-13-5-2-6-14-10-8-12(4-1)15(11)16(13)14/h1,3-5,7-10H,2H2. The Balaban J connectivity index is 2.45. The fourth-order valence-corrected chi connectivity index (χ4v) is 2.70. The molecule has 0 nitrogen and oxygen atoms in total. The summed E-state index contributed by atoms with van der Waals surface area (Å²) in [5.74, 6) is 0. The molecule has 0 fully saturated rings. The average Bonchev–Trinajstić information content (AvgIpc) is 2.36. The molecule has 1 aliphatic rings. The molecule has 0 aliphatic heterocycles. The molecule has 0 N–H and O–H groups in total. The molecule has 0 heteroatoms. The molecule has 0 spiro atoms. The van der Waals surface area contributed by atoms with Crippen molar-refractivity contribution in [2.45, 2.75) is 6.42 Å². The maximum atomic E-state index is 3.44. The van der Waals surface area contributed by atoms with E-state index >= 15 is 0 Å². The van der Waals surface area contributed by atoms with Crippen LogP contribution in [0.5, 0.6) is 0 Å². The summed E-state index contributed by atoms with van der Waals surface area (Å²) in [4.78, 5) is 0. The van der Waals surface area contributed by atoms with Gasteiger partial charge in [-0.2, -0.15) is 0 Å². The summed E-state index contributed by atoms with van der Waals surface area (Å²) in [5.41, 5.74) is 1.27. The van der Waals surface area contributed by atoms with Crippen LogP contribution >= 0.6 is 0 Å². The third-order valence-electron chi connectivity index (χ3n) is 3.42. The van der Waals surface area contributed by atoms with Gasteiger partial charge in [-0.05, 0) is 38.7 Å². The predicted molar refractivity (Wildman–Crippen MR) is 68.1 cm³/mol. The first-order valence-electron chi connectivity index (χ1n) is 5.62. The monoisotopic (exact) mass is 202 g/mol. The van der Waals surface area contributed by atoms with Gasteiger partial charge in [0.15, 0.2) is 0 Å². The van der Waals surface area contributed by atoms with E-state index in [0.29, 0.717) is 0 Å². The van der Waals surface area contributed by atoms with Gasteiger partial charge in [0.05, 0.1) is 0 Å². The van der Waals surface area contributed by atoms with Gasteiger partial charge in [0.25, 0.3) is 0 Å². The van der Waals surface area contributed by atoms with Crippen LogP contribution in [0, 0.1) is 6.42 Å². The summed E-state index contributed by atoms with van der Waals surface area (Å²) < 4.78 is 0. The lowest BCUT2D eigenvalue weighted by molar-refractivity contribution is 1.29. The topological polar surface area (TPSA) is 0 Å². The Bertz CT molecular complexity index is 735.